The van der Waals surface area contributed by atoms with Crippen molar-refractivity contribution < 1.29 is 4.79 Å². The van der Waals surface area contributed by atoms with Gasteiger partial charge in [-0.2, -0.15) is 0 Å². The highest BCUT2D eigenvalue weighted by atomic mass is 16.1. The summed E-state index contributed by atoms with van der Waals surface area (Å²) in [5, 5.41) is 14.1. The quantitative estimate of drug-likeness (QED) is 0.724. The molecule has 3 rings (SSSR count). The Bertz CT molecular complexity index is 834. The molecule has 0 saturated heterocycles. The Morgan fingerprint density at radius 2 is 1.80 bits per heavy atom. The lowest BCUT2D eigenvalue weighted by Gasteiger charge is -2.10. The third-order valence-corrected chi connectivity index (χ3v) is 3.76. The Labute approximate surface area is 146 Å². The molecule has 2 N–H and O–H groups in total. The highest BCUT2D eigenvalue weighted by Crippen LogP contribution is 2.19. The van der Waals surface area contributed by atoms with E-state index in [2.05, 4.69) is 38.8 Å². The smallest absolute Gasteiger partial charge is 0.272 e. The van der Waals surface area contributed by atoms with Crippen LogP contribution in [0.2, 0.25) is 0 Å². The van der Waals surface area contributed by atoms with Crippen molar-refractivity contribution in [3.05, 3.63) is 77.7 Å². The summed E-state index contributed by atoms with van der Waals surface area (Å²) in [4.78, 5) is 16.1. The van der Waals surface area contributed by atoms with Gasteiger partial charge in [0.1, 0.15) is 0 Å². The van der Waals surface area contributed by atoms with Crippen molar-refractivity contribution in [3.63, 3.8) is 0 Å². The summed E-state index contributed by atoms with van der Waals surface area (Å²) in [5.41, 5.74) is 3.45. The Balaban J connectivity index is 1.62. The Hall–Kier alpha value is -3.28. The lowest BCUT2D eigenvalue weighted by atomic mass is 10.1. The molecular formula is C19H19N5O. The van der Waals surface area contributed by atoms with E-state index in [9.17, 15) is 4.79 Å². The molecule has 0 aliphatic rings. The van der Waals surface area contributed by atoms with E-state index in [1.165, 1.54) is 5.56 Å². The van der Waals surface area contributed by atoms with Crippen LogP contribution in [0.15, 0.2) is 60.9 Å². The maximum Gasteiger partial charge on any atom is 0.272 e. The van der Waals surface area contributed by atoms with Crippen LogP contribution in [0.25, 0.3) is 0 Å². The molecule has 1 aromatic carbocycles. The average Bonchev–Trinajstić information content (AvgIpc) is 2.68. The number of amides is 1. The second kappa shape index (κ2) is 8.01. The summed E-state index contributed by atoms with van der Waals surface area (Å²) in [7, 11) is 0. The first kappa shape index (κ1) is 16.6. The fourth-order valence-electron chi connectivity index (χ4n) is 2.38. The number of aromatic nitrogens is 3. The minimum atomic E-state index is -0.259. The summed E-state index contributed by atoms with van der Waals surface area (Å²) in [6, 6.07) is 15.1. The molecule has 126 valence electrons. The fourth-order valence-corrected chi connectivity index (χ4v) is 2.38. The van der Waals surface area contributed by atoms with Crippen molar-refractivity contribution in [3.8, 4) is 0 Å². The van der Waals surface area contributed by atoms with Crippen LogP contribution in [-0.4, -0.2) is 21.1 Å². The first-order valence-corrected chi connectivity index (χ1v) is 8.12. The molecule has 25 heavy (non-hydrogen) atoms. The molecule has 0 radical (unpaired) electrons. The van der Waals surface area contributed by atoms with Crippen molar-refractivity contribution in [1.82, 2.24) is 20.5 Å². The maximum atomic E-state index is 12.1. The molecule has 6 heteroatoms. The van der Waals surface area contributed by atoms with E-state index in [1.54, 1.807) is 24.5 Å². The molecule has 0 saturated carbocycles. The zero-order valence-electron chi connectivity index (χ0n) is 13.9. The Morgan fingerprint density at radius 3 is 2.52 bits per heavy atom. The van der Waals surface area contributed by atoms with Gasteiger partial charge in [-0.05, 0) is 47.9 Å². The zero-order valence-corrected chi connectivity index (χ0v) is 13.9. The summed E-state index contributed by atoms with van der Waals surface area (Å²) >= 11 is 0. The molecule has 0 fully saturated rings. The largest absolute Gasteiger partial charge is 0.347 e. The van der Waals surface area contributed by atoms with Crippen LogP contribution >= 0.6 is 0 Å². The van der Waals surface area contributed by atoms with Gasteiger partial charge in [0.05, 0.1) is 0 Å². The van der Waals surface area contributed by atoms with Crippen LogP contribution in [0, 0.1) is 0 Å². The summed E-state index contributed by atoms with van der Waals surface area (Å²) in [5.74, 6) is 0.344. The van der Waals surface area contributed by atoms with Gasteiger partial charge in [-0.1, -0.05) is 25.1 Å². The number of rotatable bonds is 6. The molecule has 3 aromatic rings. The molecule has 0 aliphatic heterocycles. The minimum Gasteiger partial charge on any atom is -0.347 e. The van der Waals surface area contributed by atoms with Gasteiger partial charge in [0.15, 0.2) is 11.5 Å². The second-order valence-corrected chi connectivity index (χ2v) is 5.48. The van der Waals surface area contributed by atoms with E-state index in [-0.39, 0.29) is 11.6 Å². The predicted octanol–water partition coefficient (Wildman–Crippen LogP) is 3.11. The molecule has 2 heterocycles. The van der Waals surface area contributed by atoms with Crippen molar-refractivity contribution in [2.45, 2.75) is 19.9 Å². The molecule has 0 atom stereocenters. The van der Waals surface area contributed by atoms with E-state index in [4.69, 9.17) is 0 Å². The maximum absolute atomic E-state index is 12.1. The minimum absolute atomic E-state index is 0.259. The number of nitrogens with one attached hydrogen (secondary N) is 2. The third kappa shape index (κ3) is 4.38. The van der Waals surface area contributed by atoms with Gasteiger partial charge in [0.25, 0.3) is 5.91 Å². The van der Waals surface area contributed by atoms with E-state index in [0.29, 0.717) is 12.4 Å². The van der Waals surface area contributed by atoms with Crippen LogP contribution in [0.1, 0.15) is 28.5 Å². The Kier molecular flexibility index (Phi) is 5.31. The molecule has 1 amide bonds. The summed E-state index contributed by atoms with van der Waals surface area (Å²) in [6.45, 7) is 2.52. The van der Waals surface area contributed by atoms with Crippen molar-refractivity contribution in [1.29, 1.82) is 0 Å². The standard InChI is InChI=1S/C19H19N5O/c1-2-15-5-3-4-6-16(15)22-18-8-7-17(23-24-18)19(25)21-13-14-9-11-20-12-10-14/h3-12H,2,13H2,1H3,(H,21,25)(H,22,24). The number of carbonyl (C=O) groups excluding carboxylic acids is 1. The zero-order chi connectivity index (χ0) is 17.5. The second-order valence-electron chi connectivity index (χ2n) is 5.48. The highest BCUT2D eigenvalue weighted by molar-refractivity contribution is 5.92. The van der Waals surface area contributed by atoms with Crippen molar-refractivity contribution in [2.75, 3.05) is 5.32 Å². The van der Waals surface area contributed by atoms with E-state index < -0.39 is 0 Å². The van der Waals surface area contributed by atoms with Crippen molar-refractivity contribution in [2.24, 2.45) is 0 Å². The van der Waals surface area contributed by atoms with E-state index in [0.717, 1.165) is 17.7 Å². The molecule has 2 aromatic heterocycles. The first-order chi connectivity index (χ1) is 12.3. The van der Waals surface area contributed by atoms with Gasteiger partial charge in [0, 0.05) is 24.6 Å². The van der Waals surface area contributed by atoms with Gasteiger partial charge in [-0.25, -0.2) is 0 Å². The number of pyridine rings is 1. The Morgan fingerprint density at radius 1 is 1.00 bits per heavy atom. The normalized spacial score (nSPS) is 10.3. The molecule has 0 aliphatic carbocycles. The van der Waals surface area contributed by atoms with Gasteiger partial charge < -0.3 is 10.6 Å². The molecule has 0 spiro atoms. The molecule has 0 unspecified atom stereocenters. The molecular weight excluding hydrogens is 314 g/mol. The third-order valence-electron chi connectivity index (χ3n) is 3.76. The van der Waals surface area contributed by atoms with Gasteiger partial charge in [-0.15, -0.1) is 10.2 Å². The van der Waals surface area contributed by atoms with Gasteiger partial charge >= 0.3 is 0 Å². The fraction of sp³-hybridized carbons (Fsp3) is 0.158. The van der Waals surface area contributed by atoms with Crippen molar-refractivity contribution >= 4 is 17.4 Å². The monoisotopic (exact) mass is 333 g/mol. The van der Waals surface area contributed by atoms with Crippen LogP contribution in [0.4, 0.5) is 11.5 Å². The highest BCUT2D eigenvalue weighted by Gasteiger charge is 2.08. The number of para-hydroxylation sites is 1. The number of anilines is 2. The van der Waals surface area contributed by atoms with E-state index in [1.807, 2.05) is 30.3 Å². The lowest BCUT2D eigenvalue weighted by Crippen LogP contribution is -2.24. The van der Waals surface area contributed by atoms with Crippen LogP contribution < -0.4 is 10.6 Å². The lowest BCUT2D eigenvalue weighted by molar-refractivity contribution is 0.0945. The first-order valence-electron chi connectivity index (χ1n) is 8.12. The number of aryl methyl sites for hydroxylation is 1. The van der Waals surface area contributed by atoms with E-state index >= 15 is 0 Å². The molecule has 6 nitrogen and oxygen atoms in total. The number of nitrogens with zero attached hydrogens (tertiary/aromatic N) is 3. The summed E-state index contributed by atoms with van der Waals surface area (Å²) < 4.78 is 0. The predicted molar refractivity (Wildman–Crippen MR) is 96.5 cm³/mol. The average molecular weight is 333 g/mol. The van der Waals surface area contributed by atoms with Crippen LogP contribution in [-0.2, 0) is 13.0 Å². The van der Waals surface area contributed by atoms with Crippen LogP contribution in [0.3, 0.4) is 0 Å². The van der Waals surface area contributed by atoms with Gasteiger partial charge in [0.2, 0.25) is 0 Å². The number of carbonyl (C=O) groups is 1. The SMILES string of the molecule is CCc1ccccc1Nc1ccc(C(=O)NCc2ccncc2)nn1. The summed E-state index contributed by atoms with van der Waals surface area (Å²) in [6.07, 6.45) is 4.30. The topological polar surface area (TPSA) is 79.8 Å². The van der Waals surface area contributed by atoms with Crippen LogP contribution in [0.5, 0.6) is 0 Å². The molecule has 0 bridgehead atoms. The number of benzene rings is 1. The number of hydrogen-bond donors (Lipinski definition) is 2. The van der Waals surface area contributed by atoms with Gasteiger partial charge in [-0.3, -0.25) is 9.78 Å². The number of hydrogen-bond acceptors (Lipinski definition) is 5.